The van der Waals surface area contributed by atoms with Crippen LogP contribution in [0.15, 0.2) is 125 Å². The predicted octanol–water partition coefficient (Wildman–Crippen LogP) is 12.8. The normalized spacial score (nSPS) is 17.7. The van der Waals surface area contributed by atoms with E-state index in [9.17, 15) is 0 Å². The average molecular weight is 1190 g/mol. The molecule has 7 aromatic rings. The Labute approximate surface area is 494 Å². The van der Waals surface area contributed by atoms with E-state index in [1.807, 2.05) is 84.6 Å². The van der Waals surface area contributed by atoms with Crippen LogP contribution in [0, 0.1) is 18.6 Å². The Morgan fingerprint density at radius 1 is 0.753 bits per heavy atom. The highest BCUT2D eigenvalue weighted by Crippen LogP contribution is 2.51. The number of morpholine rings is 1. The summed E-state index contributed by atoms with van der Waals surface area (Å²) in [6.07, 6.45) is -2.66. The molecule has 4 aliphatic rings. The summed E-state index contributed by atoms with van der Waals surface area (Å²) in [6.45, 7) is 5.81. The highest BCUT2D eigenvalue weighted by molar-refractivity contribution is 6.38. The van der Waals surface area contributed by atoms with Gasteiger partial charge in [0.1, 0.15) is 59.8 Å². The summed E-state index contributed by atoms with van der Waals surface area (Å²) < 4.78 is 123. The fourth-order valence-corrected chi connectivity index (χ4v) is 12.0. The summed E-state index contributed by atoms with van der Waals surface area (Å²) >= 11 is 7.41. The van der Waals surface area contributed by atoms with Crippen LogP contribution >= 0.6 is 11.6 Å². The van der Waals surface area contributed by atoms with Crippen LogP contribution in [0.5, 0.6) is 28.7 Å². The first kappa shape index (κ1) is 58.6. The lowest BCUT2D eigenvalue weighted by atomic mass is 9.85. The number of ether oxygens (including phenoxy) is 7. The Hall–Kier alpha value is -8.20. The third-order valence-electron chi connectivity index (χ3n) is 16.1. The molecule has 15 nitrogen and oxygen atoms in total. The number of nitrogens with one attached hydrogen (secondary N) is 1. The van der Waals surface area contributed by atoms with E-state index in [-0.39, 0.29) is 72.9 Å². The number of pyridine rings is 2. The second-order valence-electron chi connectivity index (χ2n) is 21.4. The number of alkyl halides is 3. The molecular formula is C64H64ClF5N8O7. The minimum atomic E-state index is -5.05. The maximum atomic E-state index is 18.6. The minimum Gasteiger partial charge on any atom is -0.497 e. The summed E-state index contributed by atoms with van der Waals surface area (Å²) in [5.74, 6) is -0.152. The van der Waals surface area contributed by atoms with Gasteiger partial charge in [-0.1, -0.05) is 67.1 Å². The van der Waals surface area contributed by atoms with Gasteiger partial charge in [-0.25, -0.2) is 23.7 Å². The van der Waals surface area contributed by atoms with Crippen molar-refractivity contribution >= 4 is 40.7 Å². The van der Waals surface area contributed by atoms with Crippen LogP contribution < -0.4 is 38.8 Å². The van der Waals surface area contributed by atoms with Crippen molar-refractivity contribution in [2.75, 3.05) is 76.6 Å². The van der Waals surface area contributed by atoms with Gasteiger partial charge in [-0.3, -0.25) is 9.89 Å². The Bertz CT molecular complexity index is 3500. The number of aliphatic imine (C=N–C) groups is 2. The van der Waals surface area contributed by atoms with Gasteiger partial charge in [-0.05, 0) is 108 Å². The number of benzene rings is 5. The zero-order valence-electron chi connectivity index (χ0n) is 47.8. The number of methoxy groups -OCH3 is 4. The molecule has 2 aromatic heterocycles. The molecule has 0 amide bonds. The van der Waals surface area contributed by atoms with Crippen LogP contribution in [0.4, 0.5) is 39.3 Å². The average Bonchev–Trinajstić information content (AvgIpc) is 2.00. The quantitative estimate of drug-likeness (QED) is 0.0770. The first-order valence-corrected chi connectivity index (χ1v) is 28.3. The van der Waals surface area contributed by atoms with E-state index in [1.165, 1.54) is 19.1 Å². The van der Waals surface area contributed by atoms with Crippen LogP contribution in [-0.2, 0) is 41.8 Å². The van der Waals surface area contributed by atoms with Crippen molar-refractivity contribution in [2.24, 2.45) is 9.98 Å². The summed E-state index contributed by atoms with van der Waals surface area (Å²) in [7, 11) is 6.29. The number of anilines is 3. The zero-order valence-corrected chi connectivity index (χ0v) is 48.6. The van der Waals surface area contributed by atoms with Crippen molar-refractivity contribution in [3.05, 3.63) is 177 Å². The Morgan fingerprint density at radius 2 is 1.31 bits per heavy atom. The number of rotatable bonds is 19. The molecule has 0 saturated carbocycles. The van der Waals surface area contributed by atoms with Gasteiger partial charge in [0, 0.05) is 56.3 Å². The molecule has 0 radical (unpaired) electrons. The number of aryl methyl sites for hydroxylation is 1. The number of nitrogens with zero attached hydrogens (tertiary/aromatic N) is 7. The summed E-state index contributed by atoms with van der Waals surface area (Å²) in [5, 5.41) is 2.74. The van der Waals surface area contributed by atoms with Crippen LogP contribution in [0.2, 0.25) is 5.02 Å². The first-order valence-electron chi connectivity index (χ1n) is 27.9. The first-order chi connectivity index (χ1) is 41.1. The van der Waals surface area contributed by atoms with Crippen molar-refractivity contribution in [3.63, 3.8) is 0 Å². The van der Waals surface area contributed by atoms with Gasteiger partial charge in [-0.15, -0.1) is 0 Å². The molecule has 4 atom stereocenters. The van der Waals surface area contributed by atoms with Crippen LogP contribution in [0.1, 0.15) is 70.2 Å². The molecule has 0 spiro atoms. The summed E-state index contributed by atoms with van der Waals surface area (Å²) in [5.41, 5.74) is 1.13. The lowest BCUT2D eigenvalue weighted by molar-refractivity contribution is -0.137. The van der Waals surface area contributed by atoms with E-state index in [0.29, 0.717) is 67.2 Å². The van der Waals surface area contributed by atoms with Crippen molar-refractivity contribution in [1.82, 2.24) is 14.9 Å². The van der Waals surface area contributed by atoms with E-state index in [2.05, 4.69) is 10.2 Å². The van der Waals surface area contributed by atoms with Gasteiger partial charge in [0.15, 0.2) is 11.6 Å². The van der Waals surface area contributed by atoms with Gasteiger partial charge in [0.05, 0.1) is 86.7 Å². The lowest BCUT2D eigenvalue weighted by Gasteiger charge is -2.33. The lowest BCUT2D eigenvalue weighted by Crippen LogP contribution is -2.46. The molecule has 11 rings (SSSR count). The molecule has 2 saturated heterocycles. The highest BCUT2D eigenvalue weighted by atomic mass is 35.5. The van der Waals surface area contributed by atoms with E-state index in [1.54, 1.807) is 57.6 Å². The predicted molar refractivity (Wildman–Crippen MR) is 316 cm³/mol. The minimum absolute atomic E-state index is 0.00659. The number of hydrogen-bond acceptors (Lipinski definition) is 15. The molecule has 444 valence electrons. The molecule has 6 heterocycles. The Kier molecular flexibility index (Phi) is 17.3. The van der Waals surface area contributed by atoms with Gasteiger partial charge >= 0.3 is 12.3 Å². The molecule has 1 N–H and O–H groups in total. The number of aromatic nitrogens is 2. The second-order valence-corrected chi connectivity index (χ2v) is 21.8. The van der Waals surface area contributed by atoms with E-state index >= 15 is 22.0 Å². The fourth-order valence-electron chi connectivity index (χ4n) is 11.7. The largest absolute Gasteiger partial charge is 0.497 e. The SMILES string of the molecule is COc1ccc(CN(Cc2ccc(OC)cc2)c2cc(C)c(C(F)(F)F)c(-c3c(F)c4c5c(c3Cl)NCN=C5C(C(C)c3cc(F)cnc3N(Cc3ccc(OC)cc3)Cc3ccc(OC)cc3)N=C(OC[C@@H]3CC[C@H]5COCCN53)O4)n2)cc1. The standard InChI is InChI=1S/C64H64ClF5N8O7/c1-37-27-51(76(30-39-7-17-46(79-3)18-8-39)31-40-9-19-47(80-4)20-10-40)74-58(54(37)64(68,69)70)52-55(65)59-53-60(73-36-72-59)57(75-63(85-61(53)56(52)67)84-35-45-16-15-44-34-83-26-25-78(44)45)38(2)50-28-43(66)29-71-62(50)77(32-41-11-21-48(81-5)22-12-41)33-42-13-23-49(82-6)24-14-42/h7-14,17-24,27-29,38,44-45,57,72H,15-16,25-26,30-36H2,1-6H3/t38?,44-,45-,57?/m0/s1. The van der Waals surface area contributed by atoms with E-state index in [4.69, 9.17) is 64.7 Å². The van der Waals surface area contributed by atoms with Crippen molar-refractivity contribution in [3.8, 4) is 40.0 Å². The maximum absolute atomic E-state index is 18.6. The van der Waals surface area contributed by atoms with Crippen molar-refractivity contribution in [1.29, 1.82) is 0 Å². The molecule has 0 bridgehead atoms. The molecule has 0 aliphatic carbocycles. The number of hydrogen-bond donors (Lipinski definition) is 1. The molecule has 21 heteroatoms. The second kappa shape index (κ2) is 25.2. The van der Waals surface area contributed by atoms with Gasteiger partial charge in [0.2, 0.25) is 0 Å². The smallest absolute Gasteiger partial charge is 0.418 e. The zero-order chi connectivity index (χ0) is 59.5. The van der Waals surface area contributed by atoms with E-state index in [0.717, 1.165) is 41.3 Å². The van der Waals surface area contributed by atoms with Crippen LogP contribution in [-0.4, -0.2) is 106 Å². The fraction of sp³-hybridized carbons (Fsp3) is 0.344. The molecular weight excluding hydrogens is 1120 g/mol. The maximum Gasteiger partial charge on any atom is 0.418 e. The summed E-state index contributed by atoms with van der Waals surface area (Å²) in [6, 6.07) is 31.4. The molecule has 2 fully saturated rings. The Morgan fingerprint density at radius 3 is 1.85 bits per heavy atom. The Balaban J connectivity index is 1.05. The molecule has 5 aromatic carbocycles. The molecule has 2 unspecified atom stereocenters. The third kappa shape index (κ3) is 12.5. The summed E-state index contributed by atoms with van der Waals surface area (Å²) in [4.78, 5) is 25.7. The topological polar surface area (TPSA) is 137 Å². The van der Waals surface area contributed by atoms with E-state index < -0.39 is 57.4 Å². The van der Waals surface area contributed by atoms with Gasteiger partial charge < -0.3 is 48.3 Å². The van der Waals surface area contributed by atoms with Gasteiger partial charge in [-0.2, -0.15) is 13.2 Å². The third-order valence-corrected chi connectivity index (χ3v) is 16.5. The van der Waals surface area contributed by atoms with Crippen LogP contribution in [0.25, 0.3) is 11.3 Å². The molecule has 4 aliphatic heterocycles. The molecule has 85 heavy (non-hydrogen) atoms. The number of fused-ring (bicyclic) bond motifs is 1. The van der Waals surface area contributed by atoms with Crippen molar-refractivity contribution in [2.45, 2.75) is 83.1 Å². The van der Waals surface area contributed by atoms with Crippen LogP contribution in [0.3, 0.4) is 0 Å². The highest BCUT2D eigenvalue weighted by Gasteiger charge is 2.44. The van der Waals surface area contributed by atoms with Gasteiger partial charge in [0.25, 0.3) is 0 Å². The monoisotopic (exact) mass is 1190 g/mol. The number of halogens is 6. The van der Waals surface area contributed by atoms with Crippen molar-refractivity contribution < 1.29 is 55.1 Å².